The van der Waals surface area contributed by atoms with Crippen molar-refractivity contribution in [2.45, 2.75) is 37.8 Å². The molecule has 0 saturated heterocycles. The lowest BCUT2D eigenvalue weighted by Crippen LogP contribution is -2.58. The summed E-state index contributed by atoms with van der Waals surface area (Å²) in [7, 11) is 0. The standard InChI is InChI=1S/C20H19Cl2FN2O2/c21-15-5-4-14(17(22)10-15)11-20(8-1-9-20)25-19(27)18(26)24-12-13-2-6-16(23)7-3-13/h2-7,10H,1,8-9,11-12H2,(H,24,26)(H,25,27). The Morgan fingerprint density at radius 2 is 1.74 bits per heavy atom. The number of rotatable bonds is 5. The van der Waals surface area contributed by atoms with Gasteiger partial charge in [0.15, 0.2) is 0 Å². The molecule has 7 heteroatoms. The van der Waals surface area contributed by atoms with Gasteiger partial charge in [0.2, 0.25) is 0 Å². The molecule has 1 aliphatic rings. The van der Waals surface area contributed by atoms with Gasteiger partial charge in [-0.15, -0.1) is 0 Å². The van der Waals surface area contributed by atoms with Crippen molar-refractivity contribution in [3.63, 3.8) is 0 Å². The Morgan fingerprint density at radius 3 is 2.33 bits per heavy atom. The molecule has 1 aliphatic carbocycles. The summed E-state index contributed by atoms with van der Waals surface area (Å²) in [5.74, 6) is -1.75. The van der Waals surface area contributed by atoms with Crippen molar-refractivity contribution in [3.05, 3.63) is 69.5 Å². The molecule has 0 heterocycles. The zero-order chi connectivity index (χ0) is 19.4. The van der Waals surface area contributed by atoms with Gasteiger partial charge in [-0.25, -0.2) is 4.39 Å². The molecule has 4 nitrogen and oxygen atoms in total. The van der Waals surface area contributed by atoms with Gasteiger partial charge in [-0.3, -0.25) is 9.59 Å². The average molecular weight is 409 g/mol. The van der Waals surface area contributed by atoms with E-state index in [0.717, 1.165) is 24.8 Å². The third-order valence-corrected chi connectivity index (χ3v) is 5.39. The lowest BCUT2D eigenvalue weighted by atomic mass is 9.72. The molecule has 0 spiro atoms. The van der Waals surface area contributed by atoms with E-state index >= 15 is 0 Å². The van der Waals surface area contributed by atoms with Crippen molar-refractivity contribution in [1.29, 1.82) is 0 Å². The first-order chi connectivity index (χ1) is 12.9. The van der Waals surface area contributed by atoms with E-state index in [-0.39, 0.29) is 12.4 Å². The van der Waals surface area contributed by atoms with Gasteiger partial charge in [-0.2, -0.15) is 0 Å². The highest BCUT2D eigenvalue weighted by Gasteiger charge is 2.40. The van der Waals surface area contributed by atoms with Crippen molar-refractivity contribution in [2.24, 2.45) is 0 Å². The highest BCUT2D eigenvalue weighted by Crippen LogP contribution is 2.37. The smallest absolute Gasteiger partial charge is 0.309 e. The second kappa shape index (κ2) is 8.28. The predicted octanol–water partition coefficient (Wildman–Crippen LogP) is 4.03. The van der Waals surface area contributed by atoms with E-state index in [1.165, 1.54) is 12.1 Å². The van der Waals surface area contributed by atoms with Gasteiger partial charge in [-0.1, -0.05) is 41.4 Å². The molecule has 1 fully saturated rings. The van der Waals surface area contributed by atoms with Crippen LogP contribution < -0.4 is 10.6 Å². The van der Waals surface area contributed by atoms with Crippen LogP contribution >= 0.6 is 23.2 Å². The summed E-state index contributed by atoms with van der Waals surface area (Å²) in [6, 6.07) is 11.0. The Hall–Kier alpha value is -2.11. The van der Waals surface area contributed by atoms with Crippen molar-refractivity contribution < 1.29 is 14.0 Å². The summed E-state index contributed by atoms with van der Waals surface area (Å²) in [5.41, 5.74) is 1.12. The van der Waals surface area contributed by atoms with E-state index in [9.17, 15) is 14.0 Å². The van der Waals surface area contributed by atoms with Crippen LogP contribution in [0.1, 0.15) is 30.4 Å². The van der Waals surface area contributed by atoms with Crippen molar-refractivity contribution in [2.75, 3.05) is 0 Å². The Morgan fingerprint density at radius 1 is 1.04 bits per heavy atom. The van der Waals surface area contributed by atoms with Gasteiger partial charge in [0.1, 0.15) is 5.82 Å². The van der Waals surface area contributed by atoms with Crippen LogP contribution in [0.5, 0.6) is 0 Å². The second-order valence-corrected chi connectivity index (χ2v) is 7.65. The molecule has 3 rings (SSSR count). The zero-order valence-electron chi connectivity index (χ0n) is 14.5. The lowest BCUT2D eigenvalue weighted by molar-refractivity contribution is -0.141. The molecule has 2 aromatic rings. The molecule has 0 unspecified atom stereocenters. The van der Waals surface area contributed by atoms with Crippen molar-refractivity contribution in [1.82, 2.24) is 10.6 Å². The Balaban J connectivity index is 1.58. The highest BCUT2D eigenvalue weighted by molar-refractivity contribution is 6.35. The van der Waals surface area contributed by atoms with Crippen LogP contribution in [0, 0.1) is 5.82 Å². The average Bonchev–Trinajstić information content (AvgIpc) is 2.61. The van der Waals surface area contributed by atoms with Crippen LogP contribution in [-0.4, -0.2) is 17.4 Å². The normalized spacial score (nSPS) is 14.9. The predicted molar refractivity (Wildman–Crippen MR) is 103 cm³/mol. The number of hydrogen-bond donors (Lipinski definition) is 2. The number of nitrogens with one attached hydrogen (secondary N) is 2. The number of halogens is 3. The van der Waals surface area contributed by atoms with Crippen LogP contribution in [0.4, 0.5) is 4.39 Å². The van der Waals surface area contributed by atoms with E-state index < -0.39 is 17.4 Å². The number of benzene rings is 2. The van der Waals surface area contributed by atoms with E-state index in [2.05, 4.69) is 10.6 Å². The summed E-state index contributed by atoms with van der Waals surface area (Å²) in [6.45, 7) is 0.155. The Bertz CT molecular complexity index is 852. The molecule has 0 aromatic heterocycles. The molecule has 142 valence electrons. The number of carbonyl (C=O) groups is 2. The molecule has 0 radical (unpaired) electrons. The minimum absolute atomic E-state index is 0.155. The molecular formula is C20H19Cl2FN2O2. The van der Waals surface area contributed by atoms with Gasteiger partial charge >= 0.3 is 11.8 Å². The van der Waals surface area contributed by atoms with E-state index in [0.29, 0.717) is 22.0 Å². The van der Waals surface area contributed by atoms with Crippen LogP contribution in [0.2, 0.25) is 10.0 Å². The van der Waals surface area contributed by atoms with Gasteiger partial charge in [-0.05, 0) is 61.1 Å². The van der Waals surface area contributed by atoms with E-state index in [1.807, 2.05) is 6.07 Å². The van der Waals surface area contributed by atoms with Gasteiger partial charge < -0.3 is 10.6 Å². The van der Waals surface area contributed by atoms with E-state index in [1.54, 1.807) is 24.3 Å². The molecule has 27 heavy (non-hydrogen) atoms. The summed E-state index contributed by atoms with van der Waals surface area (Å²) in [5, 5.41) is 6.51. The fraction of sp³-hybridized carbons (Fsp3) is 0.300. The van der Waals surface area contributed by atoms with Gasteiger partial charge in [0, 0.05) is 22.1 Å². The number of hydrogen-bond acceptors (Lipinski definition) is 2. The topological polar surface area (TPSA) is 58.2 Å². The van der Waals surface area contributed by atoms with Crippen LogP contribution in [0.25, 0.3) is 0 Å². The SMILES string of the molecule is O=C(NCc1ccc(F)cc1)C(=O)NC1(Cc2ccc(Cl)cc2Cl)CCC1. The summed E-state index contributed by atoms with van der Waals surface area (Å²) in [6.07, 6.45) is 3.08. The van der Waals surface area contributed by atoms with Crippen molar-refractivity contribution >= 4 is 35.0 Å². The first kappa shape index (κ1) is 19.6. The summed E-state index contributed by atoms with van der Waals surface area (Å²) >= 11 is 12.2. The van der Waals surface area contributed by atoms with Gasteiger partial charge in [0.05, 0.1) is 0 Å². The minimum Gasteiger partial charge on any atom is -0.344 e. The zero-order valence-corrected chi connectivity index (χ0v) is 16.0. The third-order valence-electron chi connectivity index (χ3n) is 4.81. The number of amides is 2. The monoisotopic (exact) mass is 408 g/mol. The second-order valence-electron chi connectivity index (χ2n) is 6.81. The quantitative estimate of drug-likeness (QED) is 0.733. The first-order valence-electron chi connectivity index (χ1n) is 8.66. The van der Waals surface area contributed by atoms with Crippen LogP contribution in [0.3, 0.4) is 0 Å². The Kier molecular flexibility index (Phi) is 6.02. The summed E-state index contributed by atoms with van der Waals surface area (Å²) < 4.78 is 12.9. The molecular weight excluding hydrogens is 390 g/mol. The third kappa shape index (κ3) is 4.99. The molecule has 0 atom stereocenters. The maximum Gasteiger partial charge on any atom is 0.309 e. The largest absolute Gasteiger partial charge is 0.344 e. The molecule has 2 amide bonds. The Labute approximate surface area is 167 Å². The van der Waals surface area contributed by atoms with Crippen LogP contribution in [0.15, 0.2) is 42.5 Å². The van der Waals surface area contributed by atoms with Crippen LogP contribution in [-0.2, 0) is 22.6 Å². The lowest BCUT2D eigenvalue weighted by Gasteiger charge is -2.42. The minimum atomic E-state index is -0.715. The fourth-order valence-electron chi connectivity index (χ4n) is 3.14. The molecule has 2 aromatic carbocycles. The highest BCUT2D eigenvalue weighted by atomic mass is 35.5. The van der Waals surface area contributed by atoms with Gasteiger partial charge in [0.25, 0.3) is 0 Å². The molecule has 0 bridgehead atoms. The first-order valence-corrected chi connectivity index (χ1v) is 9.41. The maximum absolute atomic E-state index is 12.9. The maximum atomic E-state index is 12.9. The van der Waals surface area contributed by atoms with Crippen molar-refractivity contribution in [3.8, 4) is 0 Å². The number of carbonyl (C=O) groups excluding carboxylic acids is 2. The molecule has 0 aliphatic heterocycles. The fourth-order valence-corrected chi connectivity index (χ4v) is 3.62. The van der Waals surface area contributed by atoms with E-state index in [4.69, 9.17) is 23.2 Å². The summed E-state index contributed by atoms with van der Waals surface area (Å²) in [4.78, 5) is 24.4. The molecule has 1 saturated carbocycles. The molecule has 2 N–H and O–H groups in total.